The molecular formula is C15H21N3O. The summed E-state index contributed by atoms with van der Waals surface area (Å²) in [5.41, 5.74) is 8.42. The summed E-state index contributed by atoms with van der Waals surface area (Å²) in [4.78, 5) is 0. The lowest BCUT2D eigenvalue weighted by Crippen LogP contribution is -2.32. The highest BCUT2D eigenvalue weighted by Gasteiger charge is 2.21. The van der Waals surface area contributed by atoms with Crippen molar-refractivity contribution in [2.45, 2.75) is 25.5 Å². The van der Waals surface area contributed by atoms with E-state index in [9.17, 15) is 0 Å². The molecule has 2 rings (SSSR count). The average molecular weight is 259 g/mol. The van der Waals surface area contributed by atoms with E-state index in [0.717, 1.165) is 11.3 Å². The number of aromatic nitrogens is 2. The van der Waals surface area contributed by atoms with Gasteiger partial charge in [0.05, 0.1) is 11.8 Å². The molecule has 1 aromatic carbocycles. The predicted octanol–water partition coefficient (Wildman–Crippen LogP) is 2.07. The first-order valence-corrected chi connectivity index (χ1v) is 6.61. The zero-order valence-electron chi connectivity index (χ0n) is 11.5. The molecule has 4 heteroatoms. The Balaban J connectivity index is 2.10. The van der Waals surface area contributed by atoms with Gasteiger partial charge in [0.1, 0.15) is 0 Å². The molecule has 0 aliphatic carbocycles. The van der Waals surface area contributed by atoms with Crippen LogP contribution in [0.1, 0.15) is 24.3 Å². The van der Waals surface area contributed by atoms with Crippen LogP contribution in [-0.2, 0) is 18.2 Å². The highest BCUT2D eigenvalue weighted by molar-refractivity contribution is 5.20. The molecule has 1 aromatic heterocycles. The Bertz CT molecular complexity index is 495. The van der Waals surface area contributed by atoms with Gasteiger partial charge < -0.3 is 10.5 Å². The highest BCUT2D eigenvalue weighted by atomic mass is 16.5. The molecule has 4 nitrogen and oxygen atoms in total. The van der Waals surface area contributed by atoms with Crippen molar-refractivity contribution >= 4 is 0 Å². The van der Waals surface area contributed by atoms with Crippen LogP contribution in [0.3, 0.4) is 0 Å². The molecule has 0 aliphatic rings. The summed E-state index contributed by atoms with van der Waals surface area (Å²) in [6.07, 6.45) is 2.55. The summed E-state index contributed by atoms with van der Waals surface area (Å²) in [7, 11) is 1.91. The van der Waals surface area contributed by atoms with Crippen molar-refractivity contribution in [1.82, 2.24) is 9.78 Å². The Labute approximate surface area is 114 Å². The summed E-state index contributed by atoms with van der Waals surface area (Å²) in [6.45, 7) is 2.64. The van der Waals surface area contributed by atoms with Crippen LogP contribution in [0, 0.1) is 0 Å². The SMILES string of the molecule is CCOC(c1ccccc1)C(N)Cc1ccn(C)n1. The number of aryl methyl sites for hydroxylation is 1. The van der Waals surface area contributed by atoms with E-state index in [1.807, 2.05) is 44.4 Å². The zero-order chi connectivity index (χ0) is 13.7. The molecule has 0 saturated carbocycles. The van der Waals surface area contributed by atoms with E-state index in [1.54, 1.807) is 4.68 Å². The molecule has 1 heterocycles. The van der Waals surface area contributed by atoms with Crippen LogP contribution in [0.15, 0.2) is 42.6 Å². The summed E-state index contributed by atoms with van der Waals surface area (Å²) in [5.74, 6) is 0. The van der Waals surface area contributed by atoms with Crippen molar-refractivity contribution in [2.24, 2.45) is 12.8 Å². The van der Waals surface area contributed by atoms with E-state index < -0.39 is 0 Å². The number of hydrogen-bond donors (Lipinski definition) is 1. The van der Waals surface area contributed by atoms with Crippen molar-refractivity contribution in [1.29, 1.82) is 0 Å². The van der Waals surface area contributed by atoms with Gasteiger partial charge in [0, 0.05) is 32.3 Å². The van der Waals surface area contributed by atoms with Gasteiger partial charge in [0.15, 0.2) is 0 Å². The van der Waals surface area contributed by atoms with Crippen molar-refractivity contribution in [2.75, 3.05) is 6.61 Å². The fraction of sp³-hybridized carbons (Fsp3) is 0.400. The molecule has 102 valence electrons. The normalized spacial score (nSPS) is 14.3. The summed E-state index contributed by atoms with van der Waals surface area (Å²) < 4.78 is 7.60. The highest BCUT2D eigenvalue weighted by Crippen LogP contribution is 2.22. The minimum atomic E-state index is -0.0998. The molecule has 2 unspecified atom stereocenters. The van der Waals surface area contributed by atoms with Gasteiger partial charge >= 0.3 is 0 Å². The van der Waals surface area contributed by atoms with Gasteiger partial charge in [0.25, 0.3) is 0 Å². The van der Waals surface area contributed by atoms with Crippen molar-refractivity contribution in [3.05, 3.63) is 53.9 Å². The first-order valence-electron chi connectivity index (χ1n) is 6.61. The molecule has 2 N–H and O–H groups in total. The molecule has 0 radical (unpaired) electrons. The molecule has 2 aromatic rings. The quantitative estimate of drug-likeness (QED) is 0.864. The van der Waals surface area contributed by atoms with E-state index in [0.29, 0.717) is 13.0 Å². The third-order valence-corrected chi connectivity index (χ3v) is 3.08. The van der Waals surface area contributed by atoms with Crippen LogP contribution in [-0.4, -0.2) is 22.4 Å². The second kappa shape index (κ2) is 6.50. The standard InChI is InChI=1S/C15H21N3O/c1-3-19-15(12-7-5-4-6-8-12)14(16)11-13-9-10-18(2)17-13/h4-10,14-15H,3,11,16H2,1-2H3. The minimum Gasteiger partial charge on any atom is -0.372 e. The number of hydrogen-bond acceptors (Lipinski definition) is 3. The molecular weight excluding hydrogens is 238 g/mol. The maximum atomic E-state index is 6.30. The van der Waals surface area contributed by atoms with Crippen LogP contribution in [0.4, 0.5) is 0 Å². The minimum absolute atomic E-state index is 0.0896. The number of ether oxygens (including phenoxy) is 1. The van der Waals surface area contributed by atoms with Crippen LogP contribution >= 0.6 is 0 Å². The van der Waals surface area contributed by atoms with Crippen LogP contribution in [0.2, 0.25) is 0 Å². The molecule has 0 saturated heterocycles. The van der Waals surface area contributed by atoms with Gasteiger partial charge in [-0.15, -0.1) is 0 Å². The molecule has 0 bridgehead atoms. The van der Waals surface area contributed by atoms with Gasteiger partial charge in [-0.05, 0) is 18.6 Å². The molecule has 0 fully saturated rings. The lowest BCUT2D eigenvalue weighted by Gasteiger charge is -2.23. The van der Waals surface area contributed by atoms with Crippen molar-refractivity contribution in [3.63, 3.8) is 0 Å². The Morgan fingerprint density at radius 3 is 2.58 bits per heavy atom. The Hall–Kier alpha value is -1.65. The number of benzene rings is 1. The average Bonchev–Trinajstić information content (AvgIpc) is 2.82. The van der Waals surface area contributed by atoms with E-state index >= 15 is 0 Å². The summed E-state index contributed by atoms with van der Waals surface area (Å²) in [5, 5.41) is 4.37. The van der Waals surface area contributed by atoms with Crippen LogP contribution < -0.4 is 5.73 Å². The fourth-order valence-corrected chi connectivity index (χ4v) is 2.21. The van der Waals surface area contributed by atoms with Crippen molar-refractivity contribution in [3.8, 4) is 0 Å². The van der Waals surface area contributed by atoms with Gasteiger partial charge in [-0.25, -0.2) is 0 Å². The van der Waals surface area contributed by atoms with E-state index in [-0.39, 0.29) is 12.1 Å². The third kappa shape index (κ3) is 3.66. The lowest BCUT2D eigenvalue weighted by atomic mass is 9.99. The summed E-state index contributed by atoms with van der Waals surface area (Å²) >= 11 is 0. The maximum absolute atomic E-state index is 6.30. The van der Waals surface area contributed by atoms with Gasteiger partial charge in [0.2, 0.25) is 0 Å². The van der Waals surface area contributed by atoms with Crippen molar-refractivity contribution < 1.29 is 4.74 Å². The van der Waals surface area contributed by atoms with Gasteiger partial charge in [-0.2, -0.15) is 5.10 Å². The van der Waals surface area contributed by atoms with Gasteiger partial charge in [-0.1, -0.05) is 30.3 Å². The fourth-order valence-electron chi connectivity index (χ4n) is 2.21. The molecule has 0 amide bonds. The topological polar surface area (TPSA) is 53.1 Å². The Morgan fingerprint density at radius 2 is 2.00 bits per heavy atom. The summed E-state index contributed by atoms with van der Waals surface area (Å²) in [6, 6.07) is 12.0. The number of rotatable bonds is 6. The molecule has 19 heavy (non-hydrogen) atoms. The second-order valence-electron chi connectivity index (χ2n) is 4.64. The largest absolute Gasteiger partial charge is 0.372 e. The molecule has 2 atom stereocenters. The predicted molar refractivity (Wildman–Crippen MR) is 75.7 cm³/mol. The first-order chi connectivity index (χ1) is 9.20. The maximum Gasteiger partial charge on any atom is 0.0979 e. The number of nitrogens with two attached hydrogens (primary N) is 1. The van der Waals surface area contributed by atoms with E-state index in [2.05, 4.69) is 17.2 Å². The second-order valence-corrected chi connectivity index (χ2v) is 4.64. The van der Waals surface area contributed by atoms with Crippen LogP contribution in [0.5, 0.6) is 0 Å². The van der Waals surface area contributed by atoms with Crippen LogP contribution in [0.25, 0.3) is 0 Å². The van der Waals surface area contributed by atoms with E-state index in [4.69, 9.17) is 10.5 Å². The smallest absolute Gasteiger partial charge is 0.0979 e. The Morgan fingerprint density at radius 1 is 1.26 bits per heavy atom. The Kier molecular flexibility index (Phi) is 4.71. The molecule has 0 aliphatic heterocycles. The lowest BCUT2D eigenvalue weighted by molar-refractivity contribution is 0.0431. The third-order valence-electron chi connectivity index (χ3n) is 3.08. The zero-order valence-corrected chi connectivity index (χ0v) is 11.5. The van der Waals surface area contributed by atoms with Gasteiger partial charge in [-0.3, -0.25) is 4.68 Å². The monoisotopic (exact) mass is 259 g/mol. The van der Waals surface area contributed by atoms with E-state index in [1.165, 1.54) is 0 Å². The first kappa shape index (κ1) is 13.8. The number of nitrogens with zero attached hydrogens (tertiary/aromatic N) is 2. The molecule has 0 spiro atoms.